The zero-order chi connectivity index (χ0) is 24.1. The van der Waals surface area contributed by atoms with Crippen molar-refractivity contribution in [3.05, 3.63) is 87.3 Å². The molecule has 1 aliphatic carbocycles. The molecule has 0 amide bonds. The van der Waals surface area contributed by atoms with Gasteiger partial charge in [-0.15, -0.1) is 0 Å². The summed E-state index contributed by atoms with van der Waals surface area (Å²) in [6.45, 7) is 3.85. The third-order valence-corrected chi connectivity index (χ3v) is 6.23. The number of nitrogens with two attached hydrogens (primary N) is 1. The molecule has 2 aliphatic rings. The molecule has 1 unspecified atom stereocenters. The molecule has 2 aromatic carbocycles. The molecule has 170 valence electrons. The smallest absolute Gasteiger partial charge is 0.384 e. The molecular formula is C25H21ClF3N3O. The first-order valence-corrected chi connectivity index (χ1v) is 10.7. The van der Waals surface area contributed by atoms with Gasteiger partial charge in [-0.05, 0) is 47.7 Å². The molecule has 4 rings (SSSR count). The fourth-order valence-corrected chi connectivity index (χ4v) is 4.84. The van der Waals surface area contributed by atoms with Gasteiger partial charge in [0.2, 0.25) is 0 Å². The summed E-state index contributed by atoms with van der Waals surface area (Å²) in [5.41, 5.74) is 6.95. The topological polar surface area (TPSA) is 70.1 Å². The Hall–Kier alpha value is -3.24. The molecule has 0 fully saturated rings. The first kappa shape index (κ1) is 22.9. The van der Waals surface area contributed by atoms with Gasteiger partial charge in [0.25, 0.3) is 0 Å². The molecule has 2 aromatic rings. The highest BCUT2D eigenvalue weighted by Crippen LogP contribution is 2.50. The van der Waals surface area contributed by atoms with Gasteiger partial charge in [-0.3, -0.25) is 9.69 Å². The number of nitriles is 1. The van der Waals surface area contributed by atoms with Crippen LogP contribution >= 0.6 is 11.6 Å². The zero-order valence-electron chi connectivity index (χ0n) is 18.0. The quantitative estimate of drug-likeness (QED) is 0.558. The van der Waals surface area contributed by atoms with Gasteiger partial charge < -0.3 is 5.73 Å². The lowest BCUT2D eigenvalue weighted by Crippen LogP contribution is -2.42. The van der Waals surface area contributed by atoms with Crippen molar-refractivity contribution in [1.82, 2.24) is 0 Å². The van der Waals surface area contributed by atoms with E-state index in [0.717, 1.165) is 12.1 Å². The Kier molecular flexibility index (Phi) is 5.53. The van der Waals surface area contributed by atoms with Gasteiger partial charge in [0.15, 0.2) is 5.78 Å². The largest absolute Gasteiger partial charge is 0.416 e. The predicted molar refractivity (Wildman–Crippen MR) is 120 cm³/mol. The van der Waals surface area contributed by atoms with Crippen molar-refractivity contribution in [2.24, 2.45) is 11.1 Å². The third-order valence-electron chi connectivity index (χ3n) is 5.99. The maximum absolute atomic E-state index is 13.4. The van der Waals surface area contributed by atoms with E-state index in [4.69, 9.17) is 17.3 Å². The van der Waals surface area contributed by atoms with Gasteiger partial charge in [0, 0.05) is 28.4 Å². The Bertz CT molecular complexity index is 1250. The average Bonchev–Trinajstić information content (AvgIpc) is 2.71. The Morgan fingerprint density at radius 3 is 2.48 bits per heavy atom. The Balaban J connectivity index is 2.00. The van der Waals surface area contributed by atoms with Crippen LogP contribution in [0, 0.1) is 16.7 Å². The van der Waals surface area contributed by atoms with E-state index in [0.29, 0.717) is 28.3 Å². The molecule has 1 atom stereocenters. The Labute approximate surface area is 194 Å². The van der Waals surface area contributed by atoms with Gasteiger partial charge in [-0.25, -0.2) is 0 Å². The van der Waals surface area contributed by atoms with Crippen LogP contribution in [0.1, 0.15) is 43.7 Å². The van der Waals surface area contributed by atoms with E-state index in [9.17, 15) is 23.2 Å². The molecule has 0 radical (unpaired) electrons. The minimum Gasteiger partial charge on any atom is -0.384 e. The fraction of sp³-hybridized carbons (Fsp3) is 0.280. The summed E-state index contributed by atoms with van der Waals surface area (Å²) in [5.74, 6) is -0.899. The van der Waals surface area contributed by atoms with Crippen molar-refractivity contribution in [3.8, 4) is 6.07 Å². The van der Waals surface area contributed by atoms with E-state index in [1.165, 1.54) is 17.0 Å². The maximum Gasteiger partial charge on any atom is 0.416 e. The highest BCUT2D eigenvalue weighted by molar-refractivity contribution is 6.30. The van der Waals surface area contributed by atoms with Crippen molar-refractivity contribution in [1.29, 1.82) is 5.26 Å². The van der Waals surface area contributed by atoms with Gasteiger partial charge in [-0.1, -0.05) is 43.6 Å². The number of carbonyl (C=O) groups is 1. The number of halogens is 4. The SMILES string of the molecule is CC1(C)CC(=O)C2=C(C1)N(c1cccc(C(F)(F)F)c1)C(N)=C(C#N)C2c1cccc(Cl)c1. The number of nitrogens with zero attached hydrogens (tertiary/aromatic N) is 2. The molecular weight excluding hydrogens is 451 g/mol. The second-order valence-corrected chi connectivity index (χ2v) is 9.52. The van der Waals surface area contributed by atoms with Crippen LogP contribution in [0.2, 0.25) is 5.02 Å². The molecule has 0 aromatic heterocycles. The summed E-state index contributed by atoms with van der Waals surface area (Å²) in [6, 6.07) is 13.7. The van der Waals surface area contributed by atoms with Crippen LogP contribution in [-0.2, 0) is 11.0 Å². The minimum absolute atomic E-state index is 0.00560. The van der Waals surface area contributed by atoms with Crippen LogP contribution in [-0.4, -0.2) is 5.78 Å². The fourth-order valence-electron chi connectivity index (χ4n) is 4.64. The molecule has 1 aliphatic heterocycles. The van der Waals surface area contributed by atoms with Crippen LogP contribution in [0.15, 0.2) is 71.2 Å². The van der Waals surface area contributed by atoms with Crippen LogP contribution in [0.4, 0.5) is 18.9 Å². The normalized spacial score (nSPS) is 20.6. The number of ketones is 1. The number of benzene rings is 2. The molecule has 8 heteroatoms. The monoisotopic (exact) mass is 471 g/mol. The molecule has 2 N–H and O–H groups in total. The van der Waals surface area contributed by atoms with Crippen molar-refractivity contribution in [3.63, 3.8) is 0 Å². The molecule has 0 spiro atoms. The van der Waals surface area contributed by atoms with E-state index < -0.39 is 23.1 Å². The summed E-state index contributed by atoms with van der Waals surface area (Å²) < 4.78 is 40.3. The first-order valence-electron chi connectivity index (χ1n) is 10.3. The second kappa shape index (κ2) is 7.96. The first-order chi connectivity index (χ1) is 15.4. The lowest BCUT2D eigenvalue weighted by Gasteiger charge is -2.43. The van der Waals surface area contributed by atoms with E-state index >= 15 is 0 Å². The van der Waals surface area contributed by atoms with E-state index in [1.807, 2.05) is 13.8 Å². The number of anilines is 1. The summed E-state index contributed by atoms with van der Waals surface area (Å²) in [7, 11) is 0. The third kappa shape index (κ3) is 4.11. The van der Waals surface area contributed by atoms with Crippen molar-refractivity contribution in [2.45, 2.75) is 38.8 Å². The molecule has 0 saturated heterocycles. The van der Waals surface area contributed by atoms with Crippen LogP contribution in [0.25, 0.3) is 0 Å². The summed E-state index contributed by atoms with van der Waals surface area (Å²) in [6.07, 6.45) is -3.90. The molecule has 0 saturated carbocycles. The number of hydrogen-bond donors (Lipinski definition) is 1. The van der Waals surface area contributed by atoms with Crippen LogP contribution in [0.3, 0.4) is 0 Å². The highest BCUT2D eigenvalue weighted by atomic mass is 35.5. The van der Waals surface area contributed by atoms with E-state index in [-0.39, 0.29) is 29.3 Å². The maximum atomic E-state index is 13.4. The number of rotatable bonds is 2. The zero-order valence-corrected chi connectivity index (χ0v) is 18.8. The average molecular weight is 472 g/mol. The van der Waals surface area contributed by atoms with Crippen molar-refractivity contribution >= 4 is 23.1 Å². The highest BCUT2D eigenvalue weighted by Gasteiger charge is 2.45. The number of hydrogen-bond acceptors (Lipinski definition) is 4. The Morgan fingerprint density at radius 2 is 1.85 bits per heavy atom. The van der Waals surface area contributed by atoms with Crippen molar-refractivity contribution in [2.75, 3.05) is 4.90 Å². The molecule has 4 nitrogen and oxygen atoms in total. The van der Waals surface area contributed by atoms with Crippen LogP contribution < -0.4 is 10.6 Å². The lowest BCUT2D eigenvalue weighted by molar-refractivity contribution is -0.137. The summed E-state index contributed by atoms with van der Waals surface area (Å²) in [5, 5.41) is 10.5. The summed E-state index contributed by atoms with van der Waals surface area (Å²) in [4.78, 5) is 14.8. The van der Waals surface area contributed by atoms with E-state index in [2.05, 4.69) is 6.07 Å². The Morgan fingerprint density at radius 1 is 1.15 bits per heavy atom. The van der Waals surface area contributed by atoms with Gasteiger partial charge in [0.1, 0.15) is 5.82 Å². The lowest BCUT2D eigenvalue weighted by atomic mass is 9.68. The second-order valence-electron chi connectivity index (χ2n) is 9.08. The molecule has 33 heavy (non-hydrogen) atoms. The van der Waals surface area contributed by atoms with E-state index in [1.54, 1.807) is 24.3 Å². The van der Waals surface area contributed by atoms with Gasteiger partial charge in [-0.2, -0.15) is 18.4 Å². The van der Waals surface area contributed by atoms with Crippen LogP contribution in [0.5, 0.6) is 0 Å². The molecule has 1 heterocycles. The standard InChI is InChI=1S/C25H21ClF3N3O/c1-24(2)11-19-22(20(33)12-24)21(14-5-3-7-16(26)9-14)18(13-30)23(31)32(19)17-8-4-6-15(10-17)25(27,28)29/h3-10,21H,11-12,31H2,1-2H3. The predicted octanol–water partition coefficient (Wildman–Crippen LogP) is 6.30. The number of allylic oxidation sites excluding steroid dienone is 3. The summed E-state index contributed by atoms with van der Waals surface area (Å²) >= 11 is 6.18. The van der Waals surface area contributed by atoms with Gasteiger partial charge >= 0.3 is 6.18 Å². The number of alkyl halides is 3. The number of carbonyl (C=O) groups excluding carboxylic acids is 1. The molecule has 0 bridgehead atoms. The van der Waals surface area contributed by atoms with Crippen molar-refractivity contribution < 1.29 is 18.0 Å². The van der Waals surface area contributed by atoms with Gasteiger partial charge in [0.05, 0.1) is 23.1 Å². The minimum atomic E-state index is -4.55. The number of Topliss-reactive ketones (excluding diaryl/α,β-unsaturated/α-hetero) is 1.